The molecule has 0 heterocycles. The lowest BCUT2D eigenvalue weighted by molar-refractivity contribution is 0.000930. The lowest BCUT2D eigenvalue weighted by Crippen LogP contribution is -2.32. The highest BCUT2D eigenvalue weighted by molar-refractivity contribution is 5.40. The van der Waals surface area contributed by atoms with Crippen molar-refractivity contribution in [3.8, 4) is 5.75 Å². The molecule has 1 fully saturated rings. The van der Waals surface area contributed by atoms with Crippen LogP contribution in [0.4, 0.5) is 0 Å². The summed E-state index contributed by atoms with van der Waals surface area (Å²) in [6.07, 6.45) is 3.94. The Morgan fingerprint density at radius 2 is 2.06 bits per heavy atom. The van der Waals surface area contributed by atoms with Gasteiger partial charge >= 0.3 is 0 Å². The Hall–Kier alpha value is -1.06. The molecule has 0 amide bonds. The van der Waals surface area contributed by atoms with Crippen LogP contribution in [0.5, 0.6) is 5.75 Å². The summed E-state index contributed by atoms with van der Waals surface area (Å²) in [4.78, 5) is 0. The molecule has 3 nitrogen and oxygen atoms in total. The number of hydrogen-bond donors (Lipinski definition) is 2. The van der Waals surface area contributed by atoms with Crippen molar-refractivity contribution < 1.29 is 9.84 Å². The first-order valence-electron chi connectivity index (χ1n) is 6.73. The maximum atomic E-state index is 10.3. The Labute approximate surface area is 109 Å². The summed E-state index contributed by atoms with van der Waals surface area (Å²) in [6, 6.07) is 6.16. The first-order chi connectivity index (χ1) is 8.64. The molecule has 1 saturated carbocycles. The zero-order valence-electron chi connectivity index (χ0n) is 11.3. The maximum absolute atomic E-state index is 10.3. The number of aryl methyl sites for hydroxylation is 1. The van der Waals surface area contributed by atoms with Crippen LogP contribution in [0, 0.1) is 6.92 Å². The van der Waals surface area contributed by atoms with Gasteiger partial charge in [-0.2, -0.15) is 0 Å². The van der Waals surface area contributed by atoms with Gasteiger partial charge in [0.2, 0.25) is 0 Å². The number of aliphatic hydroxyl groups is 1. The van der Waals surface area contributed by atoms with Gasteiger partial charge in [-0.15, -0.1) is 0 Å². The second-order valence-corrected chi connectivity index (χ2v) is 5.31. The molecular weight excluding hydrogens is 226 g/mol. The van der Waals surface area contributed by atoms with Crippen molar-refractivity contribution in [2.45, 2.75) is 44.8 Å². The molecule has 0 radical (unpaired) electrons. The molecule has 0 unspecified atom stereocenters. The minimum atomic E-state index is -0.612. The van der Waals surface area contributed by atoms with E-state index in [1.165, 1.54) is 0 Å². The molecule has 18 heavy (non-hydrogen) atoms. The summed E-state index contributed by atoms with van der Waals surface area (Å²) >= 11 is 0. The van der Waals surface area contributed by atoms with Crippen LogP contribution in [0.3, 0.4) is 0 Å². The van der Waals surface area contributed by atoms with Crippen LogP contribution in [-0.2, 0) is 6.54 Å². The fourth-order valence-electron chi connectivity index (χ4n) is 2.63. The van der Waals surface area contributed by atoms with E-state index in [2.05, 4.69) is 11.4 Å². The monoisotopic (exact) mass is 249 g/mol. The van der Waals surface area contributed by atoms with Crippen LogP contribution in [0.25, 0.3) is 0 Å². The van der Waals surface area contributed by atoms with E-state index in [-0.39, 0.29) is 0 Å². The van der Waals surface area contributed by atoms with Crippen molar-refractivity contribution in [1.82, 2.24) is 5.32 Å². The van der Waals surface area contributed by atoms with E-state index in [4.69, 9.17) is 4.74 Å². The summed E-state index contributed by atoms with van der Waals surface area (Å²) in [7, 11) is 1.93. The quantitative estimate of drug-likeness (QED) is 0.842. The molecule has 0 spiro atoms. The molecule has 0 atom stereocenters. The highest BCUT2D eigenvalue weighted by atomic mass is 16.5. The summed E-state index contributed by atoms with van der Waals surface area (Å²) in [6.45, 7) is 3.25. The fourth-order valence-corrected chi connectivity index (χ4v) is 2.63. The first kappa shape index (κ1) is 13.4. The smallest absolute Gasteiger partial charge is 0.126 e. The average molecular weight is 249 g/mol. The Morgan fingerprint density at radius 1 is 1.33 bits per heavy atom. The SMILES string of the molecule is CNCc1cccc(C)c1OCC1(O)CCCC1. The Kier molecular flexibility index (Phi) is 4.25. The second kappa shape index (κ2) is 5.72. The van der Waals surface area contributed by atoms with E-state index >= 15 is 0 Å². The molecular formula is C15H23NO2. The number of hydrogen-bond acceptors (Lipinski definition) is 3. The average Bonchev–Trinajstić information content (AvgIpc) is 2.76. The van der Waals surface area contributed by atoms with Crippen LogP contribution < -0.4 is 10.1 Å². The maximum Gasteiger partial charge on any atom is 0.126 e. The van der Waals surface area contributed by atoms with Gasteiger partial charge in [0.05, 0.1) is 5.60 Å². The molecule has 0 aliphatic heterocycles. The van der Waals surface area contributed by atoms with E-state index in [1.54, 1.807) is 0 Å². The normalized spacial score (nSPS) is 17.9. The van der Waals surface area contributed by atoms with Gasteiger partial charge in [-0.3, -0.25) is 0 Å². The largest absolute Gasteiger partial charge is 0.490 e. The standard InChI is InChI=1S/C15H23NO2/c1-12-6-5-7-13(10-16-2)14(12)18-11-15(17)8-3-4-9-15/h5-7,16-17H,3-4,8-11H2,1-2H3. The third-order valence-corrected chi connectivity index (χ3v) is 3.68. The Balaban J connectivity index is 2.08. The predicted octanol–water partition coefficient (Wildman–Crippen LogP) is 2.40. The van der Waals surface area contributed by atoms with Crippen LogP contribution in [0.2, 0.25) is 0 Å². The lowest BCUT2D eigenvalue weighted by Gasteiger charge is -2.24. The number of nitrogens with one attached hydrogen (secondary N) is 1. The number of para-hydroxylation sites is 1. The first-order valence-corrected chi connectivity index (χ1v) is 6.73. The molecule has 0 aromatic heterocycles. The second-order valence-electron chi connectivity index (χ2n) is 5.31. The van der Waals surface area contributed by atoms with Crippen molar-refractivity contribution in [1.29, 1.82) is 0 Å². The van der Waals surface area contributed by atoms with E-state index in [1.807, 2.05) is 26.1 Å². The van der Waals surface area contributed by atoms with Crippen LogP contribution in [0.1, 0.15) is 36.8 Å². The van der Waals surface area contributed by atoms with Crippen molar-refractivity contribution in [2.24, 2.45) is 0 Å². The van der Waals surface area contributed by atoms with Gasteiger partial charge in [0.1, 0.15) is 12.4 Å². The molecule has 1 aromatic carbocycles. The zero-order valence-corrected chi connectivity index (χ0v) is 11.3. The number of benzene rings is 1. The summed E-state index contributed by atoms with van der Waals surface area (Å²) in [5.41, 5.74) is 1.67. The van der Waals surface area contributed by atoms with Gasteiger partial charge in [-0.1, -0.05) is 31.0 Å². The van der Waals surface area contributed by atoms with Crippen molar-refractivity contribution >= 4 is 0 Å². The van der Waals surface area contributed by atoms with Gasteiger partial charge in [0, 0.05) is 12.1 Å². The predicted molar refractivity (Wildman–Crippen MR) is 72.9 cm³/mol. The molecule has 1 aliphatic carbocycles. The van der Waals surface area contributed by atoms with E-state index in [0.29, 0.717) is 6.61 Å². The van der Waals surface area contributed by atoms with E-state index < -0.39 is 5.60 Å². The molecule has 0 bridgehead atoms. The Bertz CT molecular complexity index is 397. The third kappa shape index (κ3) is 3.03. The molecule has 0 saturated heterocycles. The van der Waals surface area contributed by atoms with Gasteiger partial charge in [-0.05, 0) is 32.4 Å². The van der Waals surface area contributed by atoms with E-state index in [0.717, 1.165) is 49.1 Å². The van der Waals surface area contributed by atoms with Crippen LogP contribution >= 0.6 is 0 Å². The van der Waals surface area contributed by atoms with Crippen LogP contribution in [-0.4, -0.2) is 24.4 Å². The van der Waals surface area contributed by atoms with Crippen molar-refractivity contribution in [3.05, 3.63) is 29.3 Å². The Morgan fingerprint density at radius 3 is 2.72 bits per heavy atom. The molecule has 2 N–H and O–H groups in total. The molecule has 100 valence electrons. The number of rotatable bonds is 5. The summed E-state index contributed by atoms with van der Waals surface area (Å²) in [5.74, 6) is 0.923. The lowest BCUT2D eigenvalue weighted by atomic mass is 10.0. The van der Waals surface area contributed by atoms with Crippen molar-refractivity contribution in [2.75, 3.05) is 13.7 Å². The fraction of sp³-hybridized carbons (Fsp3) is 0.600. The summed E-state index contributed by atoms with van der Waals surface area (Å²) in [5, 5.41) is 13.5. The third-order valence-electron chi connectivity index (χ3n) is 3.68. The molecule has 2 rings (SSSR count). The zero-order chi connectivity index (χ0) is 13.0. The highest BCUT2D eigenvalue weighted by Gasteiger charge is 2.32. The highest BCUT2D eigenvalue weighted by Crippen LogP contribution is 2.31. The van der Waals surface area contributed by atoms with Crippen molar-refractivity contribution in [3.63, 3.8) is 0 Å². The molecule has 1 aromatic rings. The minimum Gasteiger partial charge on any atom is -0.490 e. The van der Waals surface area contributed by atoms with Gasteiger partial charge in [-0.25, -0.2) is 0 Å². The minimum absolute atomic E-state index is 0.411. The van der Waals surface area contributed by atoms with Crippen LogP contribution in [0.15, 0.2) is 18.2 Å². The summed E-state index contributed by atoms with van der Waals surface area (Å²) < 4.78 is 5.92. The van der Waals surface area contributed by atoms with Gasteiger partial charge in [0.25, 0.3) is 0 Å². The number of ether oxygens (including phenoxy) is 1. The topological polar surface area (TPSA) is 41.5 Å². The van der Waals surface area contributed by atoms with Gasteiger partial charge in [0.15, 0.2) is 0 Å². The molecule has 3 heteroatoms. The molecule has 1 aliphatic rings. The van der Waals surface area contributed by atoms with E-state index in [9.17, 15) is 5.11 Å². The van der Waals surface area contributed by atoms with Gasteiger partial charge < -0.3 is 15.2 Å².